The molecule has 1 unspecified atom stereocenters. The average Bonchev–Trinajstić information content (AvgIpc) is 2.45. The first-order chi connectivity index (χ1) is 6.66. The molecule has 1 aromatic carbocycles. The van der Waals surface area contributed by atoms with E-state index in [1.807, 2.05) is 0 Å². The van der Waals surface area contributed by atoms with Crippen LogP contribution in [0.4, 0.5) is 10.1 Å². The van der Waals surface area contributed by atoms with Crippen LogP contribution < -0.4 is 4.90 Å². The van der Waals surface area contributed by atoms with Crippen LogP contribution in [0.3, 0.4) is 0 Å². The first kappa shape index (κ1) is 9.46. The number of nitrogens with zero attached hydrogens (tertiary/aromatic N) is 1. The molecule has 2 rings (SSSR count). The van der Waals surface area contributed by atoms with Gasteiger partial charge in [0.05, 0.1) is 5.38 Å². The van der Waals surface area contributed by atoms with E-state index in [1.54, 1.807) is 12.1 Å². The Labute approximate surface area is 86.3 Å². The predicted octanol–water partition coefficient (Wildman–Crippen LogP) is 2.17. The van der Waals surface area contributed by atoms with Crippen LogP contribution in [-0.4, -0.2) is 17.8 Å². The van der Waals surface area contributed by atoms with E-state index in [2.05, 4.69) is 0 Å². The van der Waals surface area contributed by atoms with Crippen molar-refractivity contribution in [1.82, 2.24) is 0 Å². The lowest BCUT2D eigenvalue weighted by Gasteiger charge is -2.15. The second-order valence-electron chi connectivity index (χ2n) is 3.29. The van der Waals surface area contributed by atoms with E-state index in [0.29, 0.717) is 18.7 Å². The summed E-state index contributed by atoms with van der Waals surface area (Å²) in [6, 6.07) is 5.98. The SMILES string of the molecule is O=C1CC(Cl)CN1c1cccc(F)c1. The maximum atomic E-state index is 12.9. The van der Waals surface area contributed by atoms with Gasteiger partial charge in [-0.25, -0.2) is 4.39 Å². The molecule has 1 aromatic rings. The molecule has 0 radical (unpaired) electrons. The zero-order valence-corrected chi connectivity index (χ0v) is 8.17. The third-order valence-electron chi connectivity index (χ3n) is 2.20. The molecule has 0 spiro atoms. The number of hydrogen-bond donors (Lipinski definition) is 0. The van der Waals surface area contributed by atoms with Crippen LogP contribution in [-0.2, 0) is 4.79 Å². The Morgan fingerprint density at radius 2 is 2.29 bits per heavy atom. The van der Waals surface area contributed by atoms with Gasteiger partial charge in [0.1, 0.15) is 5.82 Å². The lowest BCUT2D eigenvalue weighted by atomic mass is 10.3. The number of anilines is 1. The summed E-state index contributed by atoms with van der Waals surface area (Å²) in [4.78, 5) is 12.9. The van der Waals surface area contributed by atoms with Gasteiger partial charge in [0.2, 0.25) is 5.91 Å². The van der Waals surface area contributed by atoms with Gasteiger partial charge in [0, 0.05) is 18.7 Å². The van der Waals surface area contributed by atoms with Gasteiger partial charge in [-0.1, -0.05) is 6.07 Å². The van der Waals surface area contributed by atoms with Crippen LogP contribution in [0.2, 0.25) is 0 Å². The van der Waals surface area contributed by atoms with Crippen molar-refractivity contribution >= 4 is 23.2 Å². The zero-order valence-electron chi connectivity index (χ0n) is 7.41. The molecule has 1 fully saturated rings. The van der Waals surface area contributed by atoms with Crippen LogP contribution in [0.25, 0.3) is 0 Å². The first-order valence-corrected chi connectivity index (χ1v) is 4.80. The highest BCUT2D eigenvalue weighted by molar-refractivity contribution is 6.24. The van der Waals surface area contributed by atoms with E-state index >= 15 is 0 Å². The van der Waals surface area contributed by atoms with Gasteiger partial charge in [-0.15, -0.1) is 11.6 Å². The molecule has 1 atom stereocenters. The molecule has 0 aromatic heterocycles. The number of carbonyl (C=O) groups excluding carboxylic acids is 1. The van der Waals surface area contributed by atoms with Crippen molar-refractivity contribution in [2.45, 2.75) is 11.8 Å². The first-order valence-electron chi connectivity index (χ1n) is 4.37. The van der Waals surface area contributed by atoms with E-state index in [0.717, 1.165) is 0 Å². The lowest BCUT2D eigenvalue weighted by molar-refractivity contribution is -0.117. The van der Waals surface area contributed by atoms with E-state index in [9.17, 15) is 9.18 Å². The van der Waals surface area contributed by atoms with Gasteiger partial charge in [0.25, 0.3) is 0 Å². The summed E-state index contributed by atoms with van der Waals surface area (Å²) in [6.07, 6.45) is 0.331. The van der Waals surface area contributed by atoms with Crippen molar-refractivity contribution in [2.75, 3.05) is 11.4 Å². The summed E-state index contributed by atoms with van der Waals surface area (Å²) in [5, 5.41) is -0.161. The Hall–Kier alpha value is -1.09. The molecule has 1 saturated heterocycles. The summed E-state index contributed by atoms with van der Waals surface area (Å²) in [5.74, 6) is -0.385. The van der Waals surface area contributed by atoms with E-state index in [-0.39, 0.29) is 17.1 Å². The molecule has 74 valence electrons. The molecule has 1 heterocycles. The second-order valence-corrected chi connectivity index (χ2v) is 3.90. The summed E-state index contributed by atoms with van der Waals surface area (Å²) in [5.41, 5.74) is 0.582. The van der Waals surface area contributed by atoms with Gasteiger partial charge >= 0.3 is 0 Å². The van der Waals surface area contributed by atoms with Crippen LogP contribution >= 0.6 is 11.6 Å². The number of benzene rings is 1. The monoisotopic (exact) mass is 213 g/mol. The zero-order chi connectivity index (χ0) is 10.1. The average molecular weight is 214 g/mol. The fourth-order valence-electron chi connectivity index (χ4n) is 1.56. The largest absolute Gasteiger partial charge is 0.311 e. The fraction of sp³-hybridized carbons (Fsp3) is 0.300. The number of alkyl halides is 1. The van der Waals surface area contributed by atoms with Gasteiger partial charge in [-0.05, 0) is 18.2 Å². The van der Waals surface area contributed by atoms with Crippen LogP contribution in [0.15, 0.2) is 24.3 Å². The minimum atomic E-state index is -0.340. The van der Waals surface area contributed by atoms with Gasteiger partial charge < -0.3 is 4.90 Å². The van der Waals surface area contributed by atoms with E-state index in [1.165, 1.54) is 17.0 Å². The quantitative estimate of drug-likeness (QED) is 0.655. The highest BCUT2D eigenvalue weighted by Crippen LogP contribution is 2.24. The molecule has 0 N–H and O–H groups in total. The smallest absolute Gasteiger partial charge is 0.228 e. The molecular weight excluding hydrogens is 205 g/mol. The topological polar surface area (TPSA) is 20.3 Å². The number of hydrogen-bond acceptors (Lipinski definition) is 1. The highest BCUT2D eigenvalue weighted by atomic mass is 35.5. The molecule has 0 saturated carbocycles. The summed E-state index contributed by atoms with van der Waals surface area (Å²) < 4.78 is 12.9. The Balaban J connectivity index is 2.27. The molecule has 4 heteroatoms. The normalized spacial score (nSPS) is 21.7. The number of rotatable bonds is 1. The molecule has 1 aliphatic heterocycles. The van der Waals surface area contributed by atoms with Gasteiger partial charge in [-0.2, -0.15) is 0 Å². The standard InChI is InChI=1S/C10H9ClFNO/c11-7-4-10(14)13(6-7)9-3-1-2-8(12)5-9/h1-3,5,7H,4,6H2. The van der Waals surface area contributed by atoms with Crippen molar-refractivity contribution in [3.05, 3.63) is 30.1 Å². The number of carbonyl (C=O) groups is 1. The molecule has 1 aliphatic rings. The summed E-state index contributed by atoms with van der Waals surface area (Å²) in [6.45, 7) is 0.462. The van der Waals surface area contributed by atoms with Gasteiger partial charge in [0.15, 0.2) is 0 Å². The Kier molecular flexibility index (Phi) is 2.42. The Bertz CT molecular complexity index is 369. The number of halogens is 2. The predicted molar refractivity (Wildman–Crippen MR) is 53.0 cm³/mol. The molecule has 1 amide bonds. The Morgan fingerprint density at radius 1 is 1.50 bits per heavy atom. The van der Waals surface area contributed by atoms with Crippen molar-refractivity contribution in [3.8, 4) is 0 Å². The minimum Gasteiger partial charge on any atom is -0.311 e. The van der Waals surface area contributed by atoms with Crippen LogP contribution in [0, 0.1) is 5.82 Å². The van der Waals surface area contributed by atoms with Crippen molar-refractivity contribution < 1.29 is 9.18 Å². The lowest BCUT2D eigenvalue weighted by Crippen LogP contribution is -2.24. The molecule has 0 aliphatic carbocycles. The molecule has 2 nitrogen and oxygen atoms in total. The fourth-order valence-corrected chi connectivity index (χ4v) is 1.83. The van der Waals surface area contributed by atoms with Crippen LogP contribution in [0.5, 0.6) is 0 Å². The molecular formula is C10H9ClFNO. The van der Waals surface area contributed by atoms with E-state index in [4.69, 9.17) is 11.6 Å². The van der Waals surface area contributed by atoms with E-state index < -0.39 is 0 Å². The maximum absolute atomic E-state index is 12.9. The minimum absolute atomic E-state index is 0.0457. The van der Waals surface area contributed by atoms with Crippen LogP contribution in [0.1, 0.15) is 6.42 Å². The maximum Gasteiger partial charge on any atom is 0.228 e. The summed E-state index contributed by atoms with van der Waals surface area (Å²) in [7, 11) is 0. The van der Waals surface area contributed by atoms with Crippen molar-refractivity contribution in [3.63, 3.8) is 0 Å². The third-order valence-corrected chi connectivity index (χ3v) is 2.49. The highest BCUT2D eigenvalue weighted by Gasteiger charge is 2.29. The second kappa shape index (κ2) is 3.58. The summed E-state index contributed by atoms with van der Waals surface area (Å²) >= 11 is 5.84. The number of amides is 1. The van der Waals surface area contributed by atoms with Crippen molar-refractivity contribution in [2.24, 2.45) is 0 Å². The Morgan fingerprint density at radius 3 is 2.86 bits per heavy atom. The molecule has 14 heavy (non-hydrogen) atoms. The van der Waals surface area contributed by atoms with Crippen molar-refractivity contribution in [1.29, 1.82) is 0 Å². The van der Waals surface area contributed by atoms with Gasteiger partial charge in [-0.3, -0.25) is 4.79 Å². The molecule has 0 bridgehead atoms. The third kappa shape index (κ3) is 1.73.